The highest BCUT2D eigenvalue weighted by Gasteiger charge is 2.34. The first-order valence-electron chi connectivity index (χ1n) is 8.29. The molecule has 0 aliphatic carbocycles. The van der Waals surface area contributed by atoms with Gasteiger partial charge >= 0.3 is 0 Å². The zero-order chi connectivity index (χ0) is 13.3. The molecule has 2 aliphatic rings. The van der Waals surface area contributed by atoms with E-state index in [4.69, 9.17) is 14.2 Å². The maximum atomic E-state index is 5.94. The van der Waals surface area contributed by atoms with E-state index in [1.54, 1.807) is 0 Å². The molecule has 0 bridgehead atoms. The lowest BCUT2D eigenvalue weighted by atomic mass is 10.1. The van der Waals surface area contributed by atoms with Crippen molar-refractivity contribution < 1.29 is 14.2 Å². The minimum Gasteiger partial charge on any atom is -0.376 e. The topological polar surface area (TPSA) is 27.7 Å². The number of rotatable bonds is 9. The molecule has 0 spiro atoms. The molecule has 0 aromatic heterocycles. The molecule has 0 aromatic carbocycles. The molecule has 0 N–H and O–H groups in total. The highest BCUT2D eigenvalue weighted by molar-refractivity contribution is 4.80. The van der Waals surface area contributed by atoms with Gasteiger partial charge in [-0.05, 0) is 25.7 Å². The van der Waals surface area contributed by atoms with E-state index in [9.17, 15) is 0 Å². The van der Waals surface area contributed by atoms with E-state index in [0.29, 0.717) is 6.10 Å². The molecule has 2 saturated heterocycles. The maximum absolute atomic E-state index is 5.94. The number of unbranched alkanes of at least 4 members (excludes halogenated alkanes) is 5. The average Bonchev–Trinajstić information content (AvgIpc) is 3.08. The molecule has 3 heteroatoms. The second-order valence-corrected chi connectivity index (χ2v) is 5.87. The van der Waals surface area contributed by atoms with Gasteiger partial charge in [0.25, 0.3) is 0 Å². The third kappa shape index (κ3) is 5.41. The largest absolute Gasteiger partial charge is 0.376 e. The van der Waals surface area contributed by atoms with Crippen molar-refractivity contribution in [2.24, 2.45) is 0 Å². The van der Waals surface area contributed by atoms with Crippen LogP contribution < -0.4 is 0 Å². The summed E-state index contributed by atoms with van der Waals surface area (Å²) in [4.78, 5) is 0. The van der Waals surface area contributed by atoms with Gasteiger partial charge in [-0.1, -0.05) is 39.0 Å². The minimum absolute atomic E-state index is 0.0323. The molecule has 0 radical (unpaired) electrons. The Morgan fingerprint density at radius 2 is 1.79 bits per heavy atom. The Morgan fingerprint density at radius 1 is 0.947 bits per heavy atom. The molecule has 2 aliphatic heterocycles. The van der Waals surface area contributed by atoms with Crippen LogP contribution in [0.1, 0.15) is 71.1 Å². The summed E-state index contributed by atoms with van der Waals surface area (Å²) < 4.78 is 17.4. The van der Waals surface area contributed by atoms with Gasteiger partial charge in [0.2, 0.25) is 0 Å². The SMILES string of the molecule is CCCCCCCCOC1CC[C@H]([C@H]2CCCO2)O1. The van der Waals surface area contributed by atoms with Crippen molar-refractivity contribution in [3.8, 4) is 0 Å². The van der Waals surface area contributed by atoms with Crippen LogP contribution in [0.4, 0.5) is 0 Å². The maximum Gasteiger partial charge on any atom is 0.158 e. The molecule has 1 unspecified atom stereocenters. The number of hydrogen-bond donors (Lipinski definition) is 0. The predicted octanol–water partition coefficient (Wildman–Crippen LogP) is 4.05. The van der Waals surface area contributed by atoms with Crippen LogP contribution in [0.3, 0.4) is 0 Å². The van der Waals surface area contributed by atoms with Gasteiger partial charge in [0.15, 0.2) is 6.29 Å². The van der Waals surface area contributed by atoms with Crippen LogP contribution in [0.25, 0.3) is 0 Å². The molecule has 0 amide bonds. The van der Waals surface area contributed by atoms with Gasteiger partial charge in [0, 0.05) is 19.6 Å². The quantitative estimate of drug-likeness (QED) is 0.592. The van der Waals surface area contributed by atoms with Crippen LogP contribution in [0.2, 0.25) is 0 Å². The van der Waals surface area contributed by atoms with Crippen molar-refractivity contribution in [3.05, 3.63) is 0 Å². The number of hydrogen-bond acceptors (Lipinski definition) is 3. The Labute approximate surface area is 118 Å². The predicted molar refractivity (Wildman–Crippen MR) is 76.2 cm³/mol. The van der Waals surface area contributed by atoms with Crippen molar-refractivity contribution >= 4 is 0 Å². The number of ether oxygens (including phenoxy) is 3. The molecular formula is C16H30O3. The van der Waals surface area contributed by atoms with Gasteiger partial charge in [-0.2, -0.15) is 0 Å². The lowest BCUT2D eigenvalue weighted by molar-refractivity contribution is -0.155. The van der Waals surface area contributed by atoms with Crippen LogP contribution in [0.5, 0.6) is 0 Å². The fourth-order valence-electron chi connectivity index (χ4n) is 3.02. The van der Waals surface area contributed by atoms with E-state index in [0.717, 1.165) is 32.5 Å². The van der Waals surface area contributed by atoms with Crippen molar-refractivity contribution in [3.63, 3.8) is 0 Å². The molecular weight excluding hydrogens is 240 g/mol. The van der Waals surface area contributed by atoms with E-state index < -0.39 is 0 Å². The molecule has 3 atom stereocenters. The van der Waals surface area contributed by atoms with Gasteiger partial charge in [-0.25, -0.2) is 0 Å². The van der Waals surface area contributed by atoms with Crippen molar-refractivity contribution in [1.29, 1.82) is 0 Å². The summed E-state index contributed by atoms with van der Waals surface area (Å²) in [6.45, 7) is 4.02. The average molecular weight is 270 g/mol. The van der Waals surface area contributed by atoms with E-state index in [2.05, 4.69) is 6.92 Å². The van der Waals surface area contributed by atoms with E-state index in [-0.39, 0.29) is 12.4 Å². The highest BCUT2D eigenvalue weighted by atomic mass is 16.7. The van der Waals surface area contributed by atoms with Crippen LogP contribution in [-0.4, -0.2) is 31.7 Å². The first-order chi connectivity index (χ1) is 9.40. The van der Waals surface area contributed by atoms with Crippen LogP contribution in [0, 0.1) is 0 Å². The monoisotopic (exact) mass is 270 g/mol. The summed E-state index contributed by atoms with van der Waals surface area (Å²) in [6.07, 6.45) is 13.0. The molecule has 2 rings (SSSR count). The van der Waals surface area contributed by atoms with Crippen LogP contribution >= 0.6 is 0 Å². The molecule has 2 fully saturated rings. The second-order valence-electron chi connectivity index (χ2n) is 5.87. The van der Waals surface area contributed by atoms with Crippen molar-refractivity contribution in [1.82, 2.24) is 0 Å². The van der Waals surface area contributed by atoms with Crippen LogP contribution in [-0.2, 0) is 14.2 Å². The fraction of sp³-hybridized carbons (Fsp3) is 1.00. The zero-order valence-corrected chi connectivity index (χ0v) is 12.4. The first-order valence-corrected chi connectivity index (χ1v) is 8.29. The molecule has 3 nitrogen and oxygen atoms in total. The molecule has 2 heterocycles. The zero-order valence-electron chi connectivity index (χ0n) is 12.4. The van der Waals surface area contributed by atoms with E-state index >= 15 is 0 Å². The van der Waals surface area contributed by atoms with Gasteiger partial charge in [0.05, 0.1) is 12.2 Å². The molecule has 112 valence electrons. The van der Waals surface area contributed by atoms with Crippen LogP contribution in [0.15, 0.2) is 0 Å². The molecule has 0 aromatic rings. The van der Waals surface area contributed by atoms with Crippen molar-refractivity contribution in [2.45, 2.75) is 89.6 Å². The Hall–Kier alpha value is -0.120. The fourth-order valence-corrected chi connectivity index (χ4v) is 3.02. The van der Waals surface area contributed by atoms with Gasteiger partial charge < -0.3 is 14.2 Å². The Balaban J connectivity index is 1.46. The third-order valence-electron chi connectivity index (χ3n) is 4.19. The van der Waals surface area contributed by atoms with E-state index in [1.165, 1.54) is 44.9 Å². The second kappa shape index (κ2) is 8.93. The molecule has 0 saturated carbocycles. The summed E-state index contributed by atoms with van der Waals surface area (Å²) in [7, 11) is 0. The summed E-state index contributed by atoms with van der Waals surface area (Å²) in [6, 6.07) is 0. The van der Waals surface area contributed by atoms with Gasteiger partial charge in [-0.3, -0.25) is 0 Å². The Bertz CT molecular complexity index is 226. The summed E-state index contributed by atoms with van der Waals surface area (Å²) >= 11 is 0. The van der Waals surface area contributed by atoms with Crippen molar-refractivity contribution in [2.75, 3.05) is 13.2 Å². The Kier molecular flexibility index (Phi) is 7.18. The smallest absolute Gasteiger partial charge is 0.158 e. The lowest BCUT2D eigenvalue weighted by Crippen LogP contribution is -2.26. The van der Waals surface area contributed by atoms with Gasteiger partial charge in [-0.15, -0.1) is 0 Å². The summed E-state index contributed by atoms with van der Waals surface area (Å²) in [5, 5.41) is 0. The lowest BCUT2D eigenvalue weighted by Gasteiger charge is -2.19. The highest BCUT2D eigenvalue weighted by Crippen LogP contribution is 2.29. The normalized spacial score (nSPS) is 31.1. The third-order valence-corrected chi connectivity index (χ3v) is 4.19. The first kappa shape index (κ1) is 15.3. The molecule has 19 heavy (non-hydrogen) atoms. The summed E-state index contributed by atoms with van der Waals surface area (Å²) in [5.74, 6) is 0. The summed E-state index contributed by atoms with van der Waals surface area (Å²) in [5.41, 5.74) is 0. The van der Waals surface area contributed by atoms with E-state index in [1.807, 2.05) is 0 Å². The standard InChI is InChI=1S/C16H30O3/c1-2-3-4-5-6-7-12-18-16-11-10-15(19-16)14-9-8-13-17-14/h14-16H,2-13H2,1H3/t14-,15-,16?/m1/s1. The minimum atomic E-state index is 0.0323. The van der Waals surface area contributed by atoms with Gasteiger partial charge in [0.1, 0.15) is 0 Å². The Morgan fingerprint density at radius 3 is 2.58 bits per heavy atom.